The third-order valence-electron chi connectivity index (χ3n) is 1.11. The zero-order valence-corrected chi connectivity index (χ0v) is 9.42. The summed E-state index contributed by atoms with van der Waals surface area (Å²) in [4.78, 5) is 3.54. The molecule has 1 aromatic rings. The van der Waals surface area contributed by atoms with Crippen molar-refractivity contribution < 1.29 is 8.78 Å². The Hall–Kier alpha value is 0.260. The summed E-state index contributed by atoms with van der Waals surface area (Å²) < 4.78 is 25.1. The van der Waals surface area contributed by atoms with Gasteiger partial charge in [0.1, 0.15) is 10.3 Å². The van der Waals surface area contributed by atoms with Crippen molar-refractivity contribution in [3.8, 4) is 0 Å². The van der Waals surface area contributed by atoms with Crippen molar-refractivity contribution in [3.63, 3.8) is 0 Å². The summed E-state index contributed by atoms with van der Waals surface area (Å²) in [6, 6.07) is 1.51. The molecule has 66 valence electrons. The van der Waals surface area contributed by atoms with E-state index >= 15 is 0 Å². The van der Waals surface area contributed by atoms with Crippen LogP contribution in [0.3, 0.4) is 0 Å². The number of aromatic nitrogens is 1. The standard InChI is InChI=1S/C6H2Br2ClF2N/c7-2-1-3(8)12-5(4(2)9)6(10)11/h1,6H. The number of halogens is 5. The Kier molecular flexibility index (Phi) is 3.43. The van der Waals surface area contributed by atoms with Gasteiger partial charge in [0.15, 0.2) is 0 Å². The molecule has 0 saturated carbocycles. The lowest BCUT2D eigenvalue weighted by molar-refractivity contribution is 0.146. The monoisotopic (exact) mass is 319 g/mol. The summed E-state index contributed by atoms with van der Waals surface area (Å²) in [5.74, 6) is 0. The van der Waals surface area contributed by atoms with Gasteiger partial charge in [-0.25, -0.2) is 13.8 Å². The highest BCUT2D eigenvalue weighted by Gasteiger charge is 2.16. The lowest BCUT2D eigenvalue weighted by Gasteiger charge is -2.03. The van der Waals surface area contributed by atoms with Crippen LogP contribution < -0.4 is 0 Å². The molecular weight excluding hydrogens is 319 g/mol. The molecule has 0 aromatic carbocycles. The fourth-order valence-corrected chi connectivity index (χ4v) is 1.96. The molecule has 1 rings (SSSR count). The van der Waals surface area contributed by atoms with Crippen LogP contribution in [0.25, 0.3) is 0 Å². The van der Waals surface area contributed by atoms with Gasteiger partial charge in [-0.2, -0.15) is 0 Å². The number of pyridine rings is 1. The average molecular weight is 321 g/mol. The van der Waals surface area contributed by atoms with Gasteiger partial charge in [-0.05, 0) is 37.9 Å². The van der Waals surface area contributed by atoms with Gasteiger partial charge in [-0.1, -0.05) is 11.6 Å². The van der Waals surface area contributed by atoms with E-state index in [1.165, 1.54) is 6.07 Å². The van der Waals surface area contributed by atoms with Gasteiger partial charge in [-0.15, -0.1) is 0 Å². The SMILES string of the molecule is FC(F)c1nc(Br)cc(Br)c1Cl. The third kappa shape index (κ3) is 2.14. The summed E-state index contributed by atoms with van der Waals surface area (Å²) in [7, 11) is 0. The Morgan fingerprint density at radius 3 is 2.50 bits per heavy atom. The number of hydrogen-bond acceptors (Lipinski definition) is 1. The highest BCUT2D eigenvalue weighted by molar-refractivity contribution is 9.11. The molecule has 0 aliphatic heterocycles. The normalized spacial score (nSPS) is 10.8. The Morgan fingerprint density at radius 2 is 2.00 bits per heavy atom. The zero-order valence-electron chi connectivity index (χ0n) is 5.49. The number of alkyl halides is 2. The highest BCUT2D eigenvalue weighted by Crippen LogP contribution is 2.33. The molecule has 12 heavy (non-hydrogen) atoms. The summed E-state index contributed by atoms with van der Waals surface area (Å²) in [6.45, 7) is 0. The molecule has 1 nitrogen and oxygen atoms in total. The van der Waals surface area contributed by atoms with Crippen LogP contribution in [0.1, 0.15) is 12.1 Å². The fourth-order valence-electron chi connectivity index (χ4n) is 0.631. The maximum atomic E-state index is 12.2. The first-order valence-electron chi connectivity index (χ1n) is 2.82. The van der Waals surface area contributed by atoms with Crippen LogP contribution in [0.5, 0.6) is 0 Å². The van der Waals surface area contributed by atoms with Crippen molar-refractivity contribution in [2.24, 2.45) is 0 Å². The maximum Gasteiger partial charge on any atom is 0.281 e. The minimum absolute atomic E-state index is 0.0480. The minimum atomic E-state index is -2.66. The van der Waals surface area contributed by atoms with Crippen LogP contribution in [0.4, 0.5) is 8.78 Å². The van der Waals surface area contributed by atoms with E-state index in [0.29, 0.717) is 9.08 Å². The predicted molar refractivity (Wildman–Crippen MR) is 49.6 cm³/mol. The Labute approximate surface area is 89.4 Å². The molecule has 0 unspecified atom stereocenters. The van der Waals surface area contributed by atoms with Gasteiger partial charge < -0.3 is 0 Å². The quantitative estimate of drug-likeness (QED) is 0.707. The summed E-state index contributed by atoms with van der Waals surface area (Å²) in [5.41, 5.74) is -0.419. The molecule has 0 fully saturated rings. The summed E-state index contributed by atoms with van der Waals surface area (Å²) in [6.07, 6.45) is -2.66. The predicted octanol–water partition coefficient (Wildman–Crippen LogP) is 4.20. The second kappa shape index (κ2) is 3.98. The first kappa shape index (κ1) is 10.3. The van der Waals surface area contributed by atoms with Gasteiger partial charge in [0.25, 0.3) is 6.43 Å². The molecule has 0 aliphatic carbocycles. The molecule has 0 bridgehead atoms. The maximum absolute atomic E-state index is 12.2. The van der Waals surface area contributed by atoms with Crippen LogP contribution in [0.15, 0.2) is 15.1 Å². The Balaban J connectivity index is 3.28. The van der Waals surface area contributed by atoms with E-state index in [1.54, 1.807) is 0 Å². The van der Waals surface area contributed by atoms with E-state index in [2.05, 4.69) is 36.8 Å². The molecule has 0 spiro atoms. The van der Waals surface area contributed by atoms with Gasteiger partial charge in [0.2, 0.25) is 0 Å². The minimum Gasteiger partial charge on any atom is -0.238 e. The highest BCUT2D eigenvalue weighted by atomic mass is 79.9. The van der Waals surface area contributed by atoms with Gasteiger partial charge >= 0.3 is 0 Å². The molecule has 0 N–H and O–H groups in total. The molecule has 1 aromatic heterocycles. The van der Waals surface area contributed by atoms with E-state index < -0.39 is 12.1 Å². The molecule has 0 atom stereocenters. The smallest absolute Gasteiger partial charge is 0.238 e. The van der Waals surface area contributed by atoms with E-state index in [-0.39, 0.29) is 5.02 Å². The topological polar surface area (TPSA) is 12.9 Å². The second-order valence-electron chi connectivity index (χ2n) is 1.93. The third-order valence-corrected chi connectivity index (χ3v) is 2.77. The van der Waals surface area contributed by atoms with Crippen LogP contribution in [0.2, 0.25) is 5.02 Å². The molecule has 1 heterocycles. The first-order valence-corrected chi connectivity index (χ1v) is 4.78. The molecular formula is C6H2Br2ClF2N. The molecule has 0 saturated heterocycles. The van der Waals surface area contributed by atoms with Crippen molar-refractivity contribution >= 4 is 43.5 Å². The first-order chi connectivity index (χ1) is 5.52. The van der Waals surface area contributed by atoms with Crippen molar-refractivity contribution in [1.82, 2.24) is 4.98 Å². The van der Waals surface area contributed by atoms with Crippen LogP contribution in [-0.4, -0.2) is 4.98 Å². The van der Waals surface area contributed by atoms with Crippen molar-refractivity contribution in [1.29, 1.82) is 0 Å². The average Bonchev–Trinajstić information content (AvgIpc) is 1.96. The van der Waals surface area contributed by atoms with Crippen LogP contribution in [0, 0.1) is 0 Å². The molecule has 0 aliphatic rings. The Bertz CT molecular complexity index is 306. The van der Waals surface area contributed by atoms with E-state index in [1.807, 2.05) is 0 Å². The number of hydrogen-bond donors (Lipinski definition) is 0. The van der Waals surface area contributed by atoms with Gasteiger partial charge in [0.05, 0.1) is 5.02 Å². The molecule has 6 heteroatoms. The lowest BCUT2D eigenvalue weighted by atomic mass is 10.4. The van der Waals surface area contributed by atoms with E-state index in [0.717, 1.165) is 0 Å². The van der Waals surface area contributed by atoms with Crippen molar-refractivity contribution in [2.75, 3.05) is 0 Å². The number of rotatable bonds is 1. The lowest BCUT2D eigenvalue weighted by Crippen LogP contribution is -1.92. The number of nitrogens with zero attached hydrogens (tertiary/aromatic N) is 1. The van der Waals surface area contributed by atoms with Crippen molar-refractivity contribution in [2.45, 2.75) is 6.43 Å². The summed E-state index contributed by atoms with van der Waals surface area (Å²) >= 11 is 11.6. The van der Waals surface area contributed by atoms with Crippen molar-refractivity contribution in [3.05, 3.63) is 25.9 Å². The second-order valence-corrected chi connectivity index (χ2v) is 3.97. The summed E-state index contributed by atoms with van der Waals surface area (Å²) in [5, 5.41) is -0.0480. The van der Waals surface area contributed by atoms with Crippen LogP contribution in [-0.2, 0) is 0 Å². The molecule has 0 radical (unpaired) electrons. The fraction of sp³-hybridized carbons (Fsp3) is 0.167. The Morgan fingerprint density at radius 1 is 1.42 bits per heavy atom. The van der Waals surface area contributed by atoms with E-state index in [4.69, 9.17) is 11.6 Å². The molecule has 0 amide bonds. The zero-order chi connectivity index (χ0) is 9.30. The largest absolute Gasteiger partial charge is 0.281 e. The van der Waals surface area contributed by atoms with Gasteiger partial charge in [-0.3, -0.25) is 0 Å². The van der Waals surface area contributed by atoms with Crippen LogP contribution >= 0.6 is 43.5 Å². The van der Waals surface area contributed by atoms with E-state index in [9.17, 15) is 8.78 Å². The van der Waals surface area contributed by atoms with Gasteiger partial charge in [0, 0.05) is 4.47 Å².